The van der Waals surface area contributed by atoms with Crippen molar-refractivity contribution in [2.24, 2.45) is 0 Å². The van der Waals surface area contributed by atoms with E-state index in [1.807, 2.05) is 6.92 Å². The Hall–Kier alpha value is -0.610. The third-order valence-electron chi connectivity index (χ3n) is 0.992. The lowest BCUT2D eigenvalue weighted by Crippen LogP contribution is -2.09. The van der Waals surface area contributed by atoms with Gasteiger partial charge < -0.3 is 14.2 Å². The van der Waals surface area contributed by atoms with Crippen molar-refractivity contribution in [3.8, 4) is 0 Å². The zero-order valence-corrected chi connectivity index (χ0v) is 6.96. The zero-order valence-electron chi connectivity index (χ0n) is 6.96. The van der Waals surface area contributed by atoms with Crippen molar-refractivity contribution in [3.05, 3.63) is 0 Å². The Kier molecular flexibility index (Phi) is 7.08. The van der Waals surface area contributed by atoms with Gasteiger partial charge in [-0.15, -0.1) is 0 Å². The summed E-state index contributed by atoms with van der Waals surface area (Å²) in [7, 11) is 1.47. The van der Waals surface area contributed by atoms with E-state index in [0.29, 0.717) is 13.2 Å². The molecule has 11 heavy (non-hydrogen) atoms. The smallest absolute Gasteiger partial charge is 0.310 e. The standard InChI is InChI=1S/C7H14O4/c1-3-10-5-4-7(8)11-6-9-2/h3-6H2,1-2H3. The second kappa shape index (κ2) is 7.50. The van der Waals surface area contributed by atoms with Crippen LogP contribution in [0.5, 0.6) is 0 Å². The largest absolute Gasteiger partial charge is 0.438 e. The summed E-state index contributed by atoms with van der Waals surface area (Å²) in [5.41, 5.74) is 0. The van der Waals surface area contributed by atoms with E-state index in [1.54, 1.807) is 0 Å². The SMILES string of the molecule is CCOCCC(=O)OCOC. The number of hydrogen-bond acceptors (Lipinski definition) is 4. The Morgan fingerprint density at radius 1 is 1.45 bits per heavy atom. The molecular weight excluding hydrogens is 148 g/mol. The maximum atomic E-state index is 10.7. The molecule has 0 bridgehead atoms. The lowest BCUT2D eigenvalue weighted by Gasteiger charge is -2.02. The average Bonchev–Trinajstić information content (AvgIpc) is 2.01. The van der Waals surface area contributed by atoms with Gasteiger partial charge in [0.15, 0.2) is 6.79 Å². The fourth-order valence-electron chi connectivity index (χ4n) is 0.497. The van der Waals surface area contributed by atoms with Gasteiger partial charge in [-0.2, -0.15) is 0 Å². The molecule has 4 nitrogen and oxygen atoms in total. The average molecular weight is 162 g/mol. The van der Waals surface area contributed by atoms with E-state index in [2.05, 4.69) is 9.47 Å². The van der Waals surface area contributed by atoms with E-state index < -0.39 is 0 Å². The summed E-state index contributed by atoms with van der Waals surface area (Å²) in [4.78, 5) is 10.7. The van der Waals surface area contributed by atoms with Crippen molar-refractivity contribution in [1.82, 2.24) is 0 Å². The molecule has 0 aliphatic carbocycles. The summed E-state index contributed by atoms with van der Waals surface area (Å²) in [6.45, 7) is 2.93. The molecule has 0 fully saturated rings. The highest BCUT2D eigenvalue weighted by Crippen LogP contribution is 1.87. The van der Waals surface area contributed by atoms with Crippen LogP contribution >= 0.6 is 0 Å². The molecule has 0 N–H and O–H groups in total. The molecule has 0 atom stereocenters. The van der Waals surface area contributed by atoms with Crippen LogP contribution in [0.1, 0.15) is 13.3 Å². The number of carbonyl (C=O) groups excluding carboxylic acids is 1. The monoisotopic (exact) mass is 162 g/mol. The van der Waals surface area contributed by atoms with E-state index in [-0.39, 0.29) is 19.2 Å². The number of methoxy groups -OCH3 is 1. The van der Waals surface area contributed by atoms with E-state index in [9.17, 15) is 4.79 Å². The van der Waals surface area contributed by atoms with Crippen molar-refractivity contribution >= 4 is 5.97 Å². The number of rotatable bonds is 6. The highest BCUT2D eigenvalue weighted by Gasteiger charge is 2.00. The van der Waals surface area contributed by atoms with E-state index in [4.69, 9.17) is 4.74 Å². The molecule has 0 aromatic rings. The van der Waals surface area contributed by atoms with E-state index in [1.165, 1.54) is 7.11 Å². The number of hydrogen-bond donors (Lipinski definition) is 0. The minimum absolute atomic E-state index is 0.0188. The highest BCUT2D eigenvalue weighted by atomic mass is 16.7. The van der Waals surface area contributed by atoms with Gasteiger partial charge in [0, 0.05) is 13.7 Å². The molecule has 0 aromatic carbocycles. The van der Waals surface area contributed by atoms with Crippen LogP contribution in [0, 0.1) is 0 Å². The van der Waals surface area contributed by atoms with Crippen molar-refractivity contribution < 1.29 is 19.0 Å². The molecule has 0 aliphatic heterocycles. The molecule has 0 saturated carbocycles. The summed E-state index contributed by atoms with van der Waals surface area (Å²) < 4.78 is 14.1. The molecule has 0 unspecified atom stereocenters. The molecule has 0 radical (unpaired) electrons. The van der Waals surface area contributed by atoms with Gasteiger partial charge in [0.25, 0.3) is 0 Å². The van der Waals surface area contributed by atoms with Crippen LogP contribution in [0.25, 0.3) is 0 Å². The normalized spacial score (nSPS) is 9.64. The summed E-state index contributed by atoms with van der Waals surface area (Å²) >= 11 is 0. The fourth-order valence-corrected chi connectivity index (χ4v) is 0.497. The van der Waals surface area contributed by atoms with Gasteiger partial charge in [-0.25, -0.2) is 0 Å². The summed E-state index contributed by atoms with van der Waals surface area (Å²) in [6.07, 6.45) is 0.289. The first-order valence-electron chi connectivity index (χ1n) is 3.53. The van der Waals surface area contributed by atoms with Gasteiger partial charge in [-0.1, -0.05) is 0 Å². The molecule has 0 saturated heterocycles. The molecule has 0 aromatic heterocycles. The predicted molar refractivity (Wildman–Crippen MR) is 39.1 cm³/mol. The molecule has 4 heteroatoms. The number of esters is 1. The number of carbonyl (C=O) groups is 1. The third-order valence-corrected chi connectivity index (χ3v) is 0.992. The summed E-state index contributed by atoms with van der Waals surface area (Å²) in [6, 6.07) is 0. The van der Waals surface area contributed by atoms with Crippen molar-refractivity contribution in [2.45, 2.75) is 13.3 Å². The number of ether oxygens (including phenoxy) is 3. The summed E-state index contributed by atoms with van der Waals surface area (Å²) in [5.74, 6) is -0.291. The van der Waals surface area contributed by atoms with Crippen molar-refractivity contribution in [1.29, 1.82) is 0 Å². The van der Waals surface area contributed by atoms with Crippen LogP contribution < -0.4 is 0 Å². The Bertz CT molecular complexity index is 103. The topological polar surface area (TPSA) is 44.8 Å². The van der Waals surface area contributed by atoms with Gasteiger partial charge in [-0.05, 0) is 6.92 Å². The first kappa shape index (κ1) is 10.4. The van der Waals surface area contributed by atoms with E-state index >= 15 is 0 Å². The Balaban J connectivity index is 3.09. The van der Waals surface area contributed by atoms with Gasteiger partial charge >= 0.3 is 5.97 Å². The molecule has 0 spiro atoms. The lowest BCUT2D eigenvalue weighted by molar-refractivity contribution is -0.155. The van der Waals surface area contributed by atoms with Crippen LogP contribution in [0.2, 0.25) is 0 Å². The summed E-state index contributed by atoms with van der Waals surface area (Å²) in [5, 5.41) is 0. The van der Waals surface area contributed by atoms with Gasteiger partial charge in [0.05, 0.1) is 13.0 Å². The highest BCUT2D eigenvalue weighted by molar-refractivity contribution is 5.69. The van der Waals surface area contributed by atoms with E-state index in [0.717, 1.165) is 0 Å². The van der Waals surface area contributed by atoms with Gasteiger partial charge in [-0.3, -0.25) is 4.79 Å². The van der Waals surface area contributed by atoms with Crippen LogP contribution in [0.3, 0.4) is 0 Å². The third kappa shape index (κ3) is 7.29. The van der Waals surface area contributed by atoms with Gasteiger partial charge in [0.1, 0.15) is 0 Å². The zero-order chi connectivity index (χ0) is 8.53. The molecule has 0 heterocycles. The first-order chi connectivity index (χ1) is 5.31. The van der Waals surface area contributed by atoms with Crippen molar-refractivity contribution in [3.63, 3.8) is 0 Å². The molecule has 0 amide bonds. The maximum absolute atomic E-state index is 10.7. The minimum Gasteiger partial charge on any atom is -0.438 e. The fraction of sp³-hybridized carbons (Fsp3) is 0.857. The van der Waals surface area contributed by atoms with Crippen LogP contribution in [0.15, 0.2) is 0 Å². The second-order valence-electron chi connectivity index (χ2n) is 1.87. The minimum atomic E-state index is -0.291. The quantitative estimate of drug-likeness (QED) is 0.325. The van der Waals surface area contributed by atoms with Gasteiger partial charge in [0.2, 0.25) is 0 Å². The first-order valence-corrected chi connectivity index (χ1v) is 3.53. The lowest BCUT2D eigenvalue weighted by atomic mass is 10.5. The Morgan fingerprint density at radius 3 is 2.73 bits per heavy atom. The van der Waals surface area contributed by atoms with Crippen LogP contribution in [-0.2, 0) is 19.0 Å². The molecule has 0 rings (SSSR count). The Labute approximate surface area is 66.4 Å². The molecule has 0 aliphatic rings. The molecule has 66 valence electrons. The predicted octanol–water partition coefficient (Wildman–Crippen LogP) is 0.560. The molecular formula is C7H14O4. The van der Waals surface area contributed by atoms with Crippen molar-refractivity contribution in [2.75, 3.05) is 27.1 Å². The maximum Gasteiger partial charge on any atom is 0.310 e. The van der Waals surface area contributed by atoms with Crippen LogP contribution in [-0.4, -0.2) is 33.1 Å². The second-order valence-corrected chi connectivity index (χ2v) is 1.87. The van der Waals surface area contributed by atoms with Crippen LogP contribution in [0.4, 0.5) is 0 Å². The Morgan fingerprint density at radius 2 is 2.18 bits per heavy atom.